The topological polar surface area (TPSA) is 46.2 Å². The van der Waals surface area contributed by atoms with Crippen molar-refractivity contribution in [3.63, 3.8) is 0 Å². The summed E-state index contributed by atoms with van der Waals surface area (Å²) in [5, 5.41) is 0. The standard InChI is InChI=1S/C17H18BrNO2S/c1-12(16-7-2-3-8-17(16)18)19-22(20,21)15-10-9-13-5-4-6-14(13)11-15/h2-3,7-12,19H,4-6H2,1H3/t12-/m0/s1. The summed E-state index contributed by atoms with van der Waals surface area (Å²) in [4.78, 5) is 0.354. The van der Waals surface area contributed by atoms with Gasteiger partial charge in [0.25, 0.3) is 0 Å². The number of benzene rings is 2. The van der Waals surface area contributed by atoms with E-state index in [2.05, 4.69) is 20.7 Å². The van der Waals surface area contributed by atoms with Gasteiger partial charge in [0, 0.05) is 10.5 Å². The van der Waals surface area contributed by atoms with Gasteiger partial charge in [0.1, 0.15) is 0 Å². The summed E-state index contributed by atoms with van der Waals surface area (Å²) in [5.74, 6) is 0. The quantitative estimate of drug-likeness (QED) is 0.872. The zero-order valence-corrected chi connectivity index (χ0v) is 14.7. The van der Waals surface area contributed by atoms with E-state index in [1.54, 1.807) is 6.07 Å². The minimum Gasteiger partial charge on any atom is -0.207 e. The normalized spacial score (nSPS) is 15.5. The third-order valence-electron chi connectivity index (χ3n) is 4.08. The van der Waals surface area contributed by atoms with Gasteiger partial charge in [-0.05, 0) is 61.1 Å². The van der Waals surface area contributed by atoms with E-state index in [1.807, 2.05) is 43.3 Å². The van der Waals surface area contributed by atoms with Crippen LogP contribution in [-0.4, -0.2) is 8.42 Å². The molecule has 0 fully saturated rings. The molecule has 1 aliphatic carbocycles. The molecule has 0 aliphatic heterocycles. The molecule has 1 N–H and O–H groups in total. The number of halogens is 1. The lowest BCUT2D eigenvalue weighted by atomic mass is 10.1. The van der Waals surface area contributed by atoms with E-state index < -0.39 is 10.0 Å². The fourth-order valence-corrected chi connectivity index (χ4v) is 4.81. The highest BCUT2D eigenvalue weighted by molar-refractivity contribution is 9.10. The molecular weight excluding hydrogens is 362 g/mol. The third kappa shape index (κ3) is 3.12. The molecule has 0 aromatic heterocycles. The van der Waals surface area contributed by atoms with Gasteiger partial charge in [-0.25, -0.2) is 13.1 Å². The molecule has 3 rings (SSSR count). The van der Waals surface area contributed by atoms with E-state index in [0.717, 1.165) is 34.9 Å². The minimum absolute atomic E-state index is 0.297. The van der Waals surface area contributed by atoms with E-state index in [4.69, 9.17) is 0 Å². The molecule has 0 heterocycles. The maximum Gasteiger partial charge on any atom is 0.241 e. The highest BCUT2D eigenvalue weighted by Gasteiger charge is 2.21. The monoisotopic (exact) mass is 379 g/mol. The number of hydrogen-bond acceptors (Lipinski definition) is 2. The molecular formula is C17H18BrNO2S. The number of sulfonamides is 1. The SMILES string of the molecule is C[C@H](NS(=O)(=O)c1ccc2c(c1)CCC2)c1ccccc1Br. The van der Waals surface area contributed by atoms with Gasteiger partial charge in [0.05, 0.1) is 4.90 Å². The first-order valence-electron chi connectivity index (χ1n) is 7.36. The number of aryl methyl sites for hydroxylation is 2. The van der Waals surface area contributed by atoms with E-state index in [9.17, 15) is 8.42 Å². The van der Waals surface area contributed by atoms with E-state index in [0.29, 0.717) is 4.90 Å². The Hall–Kier alpha value is -1.17. The van der Waals surface area contributed by atoms with E-state index in [-0.39, 0.29) is 6.04 Å². The van der Waals surface area contributed by atoms with E-state index in [1.165, 1.54) is 5.56 Å². The predicted molar refractivity (Wildman–Crippen MR) is 91.3 cm³/mol. The van der Waals surface area contributed by atoms with Crippen molar-refractivity contribution < 1.29 is 8.42 Å². The van der Waals surface area contributed by atoms with Gasteiger partial charge in [0.15, 0.2) is 0 Å². The van der Waals surface area contributed by atoms with Crippen LogP contribution in [0.4, 0.5) is 0 Å². The predicted octanol–water partition coefficient (Wildman–Crippen LogP) is 3.98. The Balaban J connectivity index is 1.86. The average molecular weight is 380 g/mol. The first-order chi connectivity index (χ1) is 10.5. The average Bonchev–Trinajstić information content (AvgIpc) is 2.94. The van der Waals surface area contributed by atoms with Crippen LogP contribution in [0.1, 0.15) is 36.1 Å². The first kappa shape index (κ1) is 15.7. The Morgan fingerprint density at radius 2 is 1.82 bits per heavy atom. The molecule has 0 bridgehead atoms. The van der Waals surface area contributed by atoms with Crippen LogP contribution in [0.15, 0.2) is 51.8 Å². The molecule has 1 atom stereocenters. The molecule has 0 saturated heterocycles. The molecule has 0 radical (unpaired) electrons. The number of nitrogens with one attached hydrogen (secondary N) is 1. The maximum atomic E-state index is 12.6. The zero-order valence-electron chi connectivity index (χ0n) is 12.3. The lowest BCUT2D eigenvalue weighted by Gasteiger charge is -2.16. The largest absolute Gasteiger partial charge is 0.241 e. The van der Waals surface area contributed by atoms with Crippen LogP contribution < -0.4 is 4.72 Å². The Morgan fingerprint density at radius 1 is 1.09 bits per heavy atom. The first-order valence-corrected chi connectivity index (χ1v) is 9.63. The van der Waals surface area contributed by atoms with Gasteiger partial charge < -0.3 is 0 Å². The van der Waals surface area contributed by atoms with Crippen molar-refractivity contribution in [3.05, 3.63) is 63.6 Å². The maximum absolute atomic E-state index is 12.6. The molecule has 22 heavy (non-hydrogen) atoms. The Labute approximate surface area is 139 Å². The highest BCUT2D eigenvalue weighted by Crippen LogP contribution is 2.27. The minimum atomic E-state index is -3.52. The van der Waals surface area contributed by atoms with Gasteiger partial charge >= 0.3 is 0 Å². The molecule has 2 aromatic rings. The number of fused-ring (bicyclic) bond motifs is 1. The Kier molecular flexibility index (Phi) is 4.39. The van der Waals surface area contributed by atoms with Crippen molar-refractivity contribution in [3.8, 4) is 0 Å². The second-order valence-electron chi connectivity index (χ2n) is 5.65. The molecule has 116 valence electrons. The molecule has 3 nitrogen and oxygen atoms in total. The van der Waals surface area contributed by atoms with Crippen LogP contribution in [0.3, 0.4) is 0 Å². The molecule has 0 amide bonds. The van der Waals surface area contributed by atoms with Gasteiger partial charge in [-0.1, -0.05) is 40.2 Å². The van der Waals surface area contributed by atoms with Gasteiger partial charge in [-0.15, -0.1) is 0 Å². The summed E-state index contributed by atoms with van der Waals surface area (Å²) < 4.78 is 28.9. The van der Waals surface area contributed by atoms with Crippen molar-refractivity contribution in [2.24, 2.45) is 0 Å². The van der Waals surface area contributed by atoms with Crippen LogP contribution in [0.5, 0.6) is 0 Å². The van der Waals surface area contributed by atoms with Crippen LogP contribution in [0.2, 0.25) is 0 Å². The fraction of sp³-hybridized carbons (Fsp3) is 0.294. The van der Waals surface area contributed by atoms with Crippen molar-refractivity contribution in [2.45, 2.75) is 37.1 Å². The van der Waals surface area contributed by atoms with Crippen molar-refractivity contribution in [2.75, 3.05) is 0 Å². The molecule has 0 saturated carbocycles. The van der Waals surface area contributed by atoms with Crippen LogP contribution in [0.25, 0.3) is 0 Å². The van der Waals surface area contributed by atoms with Crippen LogP contribution in [-0.2, 0) is 22.9 Å². The summed E-state index contributed by atoms with van der Waals surface area (Å²) in [6, 6.07) is 12.8. The Morgan fingerprint density at radius 3 is 2.59 bits per heavy atom. The summed E-state index contributed by atoms with van der Waals surface area (Å²) in [6.07, 6.45) is 3.13. The van der Waals surface area contributed by atoms with Gasteiger partial charge in [0.2, 0.25) is 10.0 Å². The smallest absolute Gasteiger partial charge is 0.207 e. The molecule has 2 aromatic carbocycles. The third-order valence-corrected chi connectivity index (χ3v) is 6.34. The highest BCUT2D eigenvalue weighted by atomic mass is 79.9. The van der Waals surface area contributed by atoms with Crippen LogP contribution >= 0.6 is 15.9 Å². The Bertz CT molecular complexity index is 802. The second kappa shape index (κ2) is 6.14. The molecule has 0 unspecified atom stereocenters. The van der Waals surface area contributed by atoms with Crippen molar-refractivity contribution in [1.29, 1.82) is 0 Å². The zero-order chi connectivity index (χ0) is 15.7. The second-order valence-corrected chi connectivity index (χ2v) is 8.22. The number of hydrogen-bond donors (Lipinski definition) is 1. The molecule has 1 aliphatic rings. The van der Waals surface area contributed by atoms with Crippen molar-refractivity contribution >= 4 is 26.0 Å². The van der Waals surface area contributed by atoms with Gasteiger partial charge in [-0.2, -0.15) is 0 Å². The lowest BCUT2D eigenvalue weighted by Crippen LogP contribution is -2.27. The summed E-state index contributed by atoms with van der Waals surface area (Å²) in [5.41, 5.74) is 3.36. The summed E-state index contributed by atoms with van der Waals surface area (Å²) in [6.45, 7) is 1.85. The lowest BCUT2D eigenvalue weighted by molar-refractivity contribution is 0.566. The van der Waals surface area contributed by atoms with Crippen molar-refractivity contribution in [1.82, 2.24) is 4.72 Å². The summed E-state index contributed by atoms with van der Waals surface area (Å²) in [7, 11) is -3.52. The van der Waals surface area contributed by atoms with E-state index >= 15 is 0 Å². The fourth-order valence-electron chi connectivity index (χ4n) is 2.91. The number of rotatable bonds is 4. The van der Waals surface area contributed by atoms with Gasteiger partial charge in [-0.3, -0.25) is 0 Å². The molecule has 0 spiro atoms. The summed E-state index contributed by atoms with van der Waals surface area (Å²) >= 11 is 3.47. The van der Waals surface area contributed by atoms with Crippen LogP contribution in [0, 0.1) is 0 Å². The molecule has 5 heteroatoms.